The lowest BCUT2D eigenvalue weighted by atomic mass is 9.89. The molecule has 8 heteroatoms. The smallest absolute Gasteiger partial charge is 0.405 e. The first-order valence-electron chi connectivity index (χ1n) is 9.32. The fourth-order valence-electron chi connectivity index (χ4n) is 2.71. The molecule has 0 aromatic heterocycles. The molecule has 0 radical (unpaired) electrons. The lowest BCUT2D eigenvalue weighted by Crippen LogP contribution is -2.40. The van der Waals surface area contributed by atoms with E-state index in [4.69, 9.17) is 14.6 Å². The van der Waals surface area contributed by atoms with E-state index in [-0.39, 0.29) is 17.7 Å². The van der Waals surface area contributed by atoms with Gasteiger partial charge in [-0.05, 0) is 30.4 Å². The third kappa shape index (κ3) is 8.39. The molecule has 0 saturated carbocycles. The van der Waals surface area contributed by atoms with E-state index >= 15 is 0 Å². The van der Waals surface area contributed by atoms with Crippen LogP contribution >= 0.6 is 0 Å². The van der Waals surface area contributed by atoms with Gasteiger partial charge in [-0.2, -0.15) is 0 Å². The number of para-hydroxylation sites is 1. The van der Waals surface area contributed by atoms with Gasteiger partial charge in [0.15, 0.2) is 0 Å². The number of carboxylic acid groups (broad SMARTS) is 1. The molecule has 156 valence electrons. The van der Waals surface area contributed by atoms with Gasteiger partial charge in [0.2, 0.25) is 0 Å². The number of benzene rings is 1. The van der Waals surface area contributed by atoms with Crippen molar-refractivity contribution in [2.45, 2.75) is 32.7 Å². The molecule has 0 heterocycles. The number of carbonyl (C=O) groups is 3. The van der Waals surface area contributed by atoms with Crippen LogP contribution in [0.2, 0.25) is 0 Å². The second-order valence-electron chi connectivity index (χ2n) is 6.83. The molecule has 3 N–H and O–H groups in total. The molecule has 0 aliphatic heterocycles. The average Bonchev–Trinajstić information content (AvgIpc) is 2.67. The number of hydrogen-bond donors (Lipinski definition) is 3. The van der Waals surface area contributed by atoms with Crippen molar-refractivity contribution in [2.75, 3.05) is 26.9 Å². The Morgan fingerprint density at radius 1 is 1.21 bits per heavy atom. The van der Waals surface area contributed by atoms with Crippen molar-refractivity contribution in [3.63, 3.8) is 0 Å². The molecule has 2 unspecified atom stereocenters. The van der Waals surface area contributed by atoms with E-state index in [9.17, 15) is 14.4 Å². The predicted octanol–water partition coefficient (Wildman–Crippen LogP) is 2.33. The molecular weight excluding hydrogens is 364 g/mol. The first kappa shape index (κ1) is 23.4. The molecule has 0 spiro atoms. The number of rotatable bonds is 13. The van der Waals surface area contributed by atoms with Crippen molar-refractivity contribution >= 4 is 18.3 Å². The Morgan fingerprint density at radius 2 is 1.93 bits per heavy atom. The number of carbonyl (C=O) groups excluding carboxylic acids is 2. The lowest BCUT2D eigenvalue weighted by Gasteiger charge is -2.24. The molecule has 2 amide bonds. The van der Waals surface area contributed by atoms with Crippen molar-refractivity contribution in [3.05, 3.63) is 29.8 Å². The summed E-state index contributed by atoms with van der Waals surface area (Å²) in [6.07, 6.45) is 0.353. The molecule has 1 rings (SSSR count). The molecular formula is C20H30N2O6. The lowest BCUT2D eigenvalue weighted by molar-refractivity contribution is -0.109. The van der Waals surface area contributed by atoms with E-state index in [1.54, 1.807) is 31.4 Å². The molecule has 0 saturated heterocycles. The van der Waals surface area contributed by atoms with E-state index in [0.29, 0.717) is 50.2 Å². The maximum Gasteiger partial charge on any atom is 0.405 e. The normalized spacial score (nSPS) is 12.9. The quantitative estimate of drug-likeness (QED) is 0.349. The molecule has 0 fully saturated rings. The summed E-state index contributed by atoms with van der Waals surface area (Å²) in [6.45, 7) is 5.26. The minimum absolute atomic E-state index is 0.0687. The van der Waals surface area contributed by atoms with Crippen molar-refractivity contribution in [1.29, 1.82) is 0 Å². The van der Waals surface area contributed by atoms with Crippen molar-refractivity contribution in [2.24, 2.45) is 11.8 Å². The fraction of sp³-hybridized carbons (Fsp3) is 0.550. The molecule has 2 atom stereocenters. The van der Waals surface area contributed by atoms with Crippen LogP contribution in [0.4, 0.5) is 4.79 Å². The van der Waals surface area contributed by atoms with Gasteiger partial charge >= 0.3 is 6.09 Å². The summed E-state index contributed by atoms with van der Waals surface area (Å²) in [7, 11) is 1.62. The highest BCUT2D eigenvalue weighted by Crippen LogP contribution is 2.20. The summed E-state index contributed by atoms with van der Waals surface area (Å²) in [5.74, 6) is 0.303. The average molecular weight is 394 g/mol. The molecule has 0 aliphatic rings. The standard InChI is InChI=1S/C20H30N2O6/c1-14(2)15(11-16(13-23)22-20(25)26)12-21-19(24)17-7-4-5-8-18(17)28-10-6-9-27-3/h4-5,7-8,13-16,22H,6,9-12H2,1-3H3,(H,21,24)(H,25,26). The summed E-state index contributed by atoms with van der Waals surface area (Å²) in [5, 5.41) is 13.9. The minimum Gasteiger partial charge on any atom is -0.493 e. The Morgan fingerprint density at radius 3 is 2.54 bits per heavy atom. The number of nitrogens with one attached hydrogen (secondary N) is 2. The van der Waals surface area contributed by atoms with Gasteiger partial charge in [-0.1, -0.05) is 26.0 Å². The van der Waals surface area contributed by atoms with E-state index in [1.165, 1.54) is 0 Å². The number of methoxy groups -OCH3 is 1. The third-order valence-electron chi connectivity index (χ3n) is 4.38. The van der Waals surface area contributed by atoms with Crippen molar-refractivity contribution in [1.82, 2.24) is 10.6 Å². The van der Waals surface area contributed by atoms with Gasteiger partial charge < -0.3 is 30.0 Å². The van der Waals surface area contributed by atoms with Crippen LogP contribution < -0.4 is 15.4 Å². The van der Waals surface area contributed by atoms with E-state index < -0.39 is 12.1 Å². The number of ether oxygens (including phenoxy) is 2. The zero-order chi connectivity index (χ0) is 20.9. The number of amides is 2. The highest BCUT2D eigenvalue weighted by atomic mass is 16.5. The third-order valence-corrected chi connectivity index (χ3v) is 4.38. The Labute approximate surface area is 165 Å². The Bertz CT molecular complexity index is 635. The summed E-state index contributed by atoms with van der Waals surface area (Å²) in [5.41, 5.74) is 0.429. The van der Waals surface area contributed by atoms with Gasteiger partial charge in [-0.15, -0.1) is 0 Å². The molecule has 8 nitrogen and oxygen atoms in total. The van der Waals surface area contributed by atoms with Gasteiger partial charge in [-0.25, -0.2) is 4.79 Å². The Kier molecular flexibility index (Phi) is 10.6. The second kappa shape index (κ2) is 12.7. The second-order valence-corrected chi connectivity index (χ2v) is 6.83. The van der Waals surface area contributed by atoms with Gasteiger partial charge in [-0.3, -0.25) is 4.79 Å². The molecule has 0 aliphatic carbocycles. The molecule has 1 aromatic rings. The van der Waals surface area contributed by atoms with E-state index in [1.807, 2.05) is 13.8 Å². The van der Waals surface area contributed by atoms with Crippen LogP contribution in [0.3, 0.4) is 0 Å². The van der Waals surface area contributed by atoms with Crippen LogP contribution in [-0.4, -0.2) is 56.3 Å². The van der Waals surface area contributed by atoms with Gasteiger partial charge in [0.05, 0.1) is 18.2 Å². The highest BCUT2D eigenvalue weighted by molar-refractivity contribution is 5.96. The Balaban J connectivity index is 2.69. The van der Waals surface area contributed by atoms with Crippen molar-refractivity contribution in [3.8, 4) is 5.75 Å². The van der Waals surface area contributed by atoms with E-state index in [0.717, 1.165) is 0 Å². The van der Waals surface area contributed by atoms with Crippen LogP contribution in [-0.2, 0) is 9.53 Å². The summed E-state index contributed by atoms with van der Waals surface area (Å²) in [6, 6.07) is 6.17. The van der Waals surface area contributed by atoms with Crippen LogP contribution in [0.15, 0.2) is 24.3 Å². The SMILES string of the molecule is COCCCOc1ccccc1C(=O)NCC(CC(C=O)NC(=O)O)C(C)C. The zero-order valence-corrected chi connectivity index (χ0v) is 16.6. The summed E-state index contributed by atoms with van der Waals surface area (Å²) < 4.78 is 10.7. The first-order chi connectivity index (χ1) is 13.4. The largest absolute Gasteiger partial charge is 0.493 e. The fourth-order valence-corrected chi connectivity index (χ4v) is 2.71. The van der Waals surface area contributed by atoms with Crippen molar-refractivity contribution < 1.29 is 29.0 Å². The van der Waals surface area contributed by atoms with Gasteiger partial charge in [0.25, 0.3) is 5.91 Å². The topological polar surface area (TPSA) is 114 Å². The first-order valence-corrected chi connectivity index (χ1v) is 9.32. The predicted molar refractivity (Wildman–Crippen MR) is 105 cm³/mol. The molecule has 0 bridgehead atoms. The zero-order valence-electron chi connectivity index (χ0n) is 16.6. The van der Waals surface area contributed by atoms with E-state index in [2.05, 4.69) is 10.6 Å². The minimum atomic E-state index is -1.25. The number of hydrogen-bond acceptors (Lipinski definition) is 5. The maximum absolute atomic E-state index is 12.6. The molecule has 28 heavy (non-hydrogen) atoms. The monoisotopic (exact) mass is 394 g/mol. The molecule has 1 aromatic carbocycles. The van der Waals surface area contributed by atoms with Crippen LogP contribution in [0.25, 0.3) is 0 Å². The summed E-state index contributed by atoms with van der Waals surface area (Å²) in [4.78, 5) is 34.5. The highest BCUT2D eigenvalue weighted by Gasteiger charge is 2.22. The van der Waals surface area contributed by atoms with Crippen LogP contribution in [0, 0.1) is 11.8 Å². The van der Waals surface area contributed by atoms with Gasteiger partial charge in [0.1, 0.15) is 12.0 Å². The number of aldehydes is 1. The maximum atomic E-state index is 12.6. The van der Waals surface area contributed by atoms with Crippen LogP contribution in [0.1, 0.15) is 37.0 Å². The van der Waals surface area contributed by atoms with Gasteiger partial charge in [0, 0.05) is 26.7 Å². The Hall–Kier alpha value is -2.61. The summed E-state index contributed by atoms with van der Waals surface area (Å²) >= 11 is 0. The van der Waals surface area contributed by atoms with Crippen LogP contribution in [0.5, 0.6) is 5.75 Å².